The van der Waals surface area contributed by atoms with Gasteiger partial charge in [-0.05, 0) is 36.3 Å². The number of thiophene rings is 1. The lowest BCUT2D eigenvalue weighted by Crippen LogP contribution is -2.62. The Morgan fingerprint density at radius 2 is 2.00 bits per heavy atom. The molecule has 0 atom stereocenters. The molecule has 1 N–H and O–H groups in total. The van der Waals surface area contributed by atoms with Gasteiger partial charge in [-0.2, -0.15) is 0 Å². The summed E-state index contributed by atoms with van der Waals surface area (Å²) in [6.45, 7) is 2.31. The number of nitrogens with zero attached hydrogens (tertiary/aromatic N) is 1. The third-order valence-corrected chi connectivity index (χ3v) is 5.48. The molecule has 6 heteroatoms. The minimum atomic E-state index is -1.00. The summed E-state index contributed by atoms with van der Waals surface area (Å²) in [4.78, 5) is 39.2. The van der Waals surface area contributed by atoms with E-state index in [2.05, 4.69) is 5.32 Å². The third-order valence-electron chi connectivity index (χ3n) is 4.53. The standard InChI is InChI=1S/C15H18N2O3S/c1-2-10-5-8-21-11(10)9-17-13(19)15(6-3-4-7-15)12(18)16-14(17)20/h5,8H,2-4,6-7,9H2,1H3,(H,16,18,20). The summed E-state index contributed by atoms with van der Waals surface area (Å²) in [7, 11) is 0. The monoisotopic (exact) mass is 306 g/mol. The summed E-state index contributed by atoms with van der Waals surface area (Å²) in [5.74, 6) is -0.725. The molecule has 1 spiro atoms. The second-order valence-corrected chi connectivity index (χ2v) is 6.66. The van der Waals surface area contributed by atoms with E-state index < -0.39 is 17.4 Å². The van der Waals surface area contributed by atoms with Gasteiger partial charge in [-0.1, -0.05) is 19.8 Å². The molecule has 1 aromatic heterocycles. The molecule has 4 amide bonds. The van der Waals surface area contributed by atoms with Gasteiger partial charge in [0.05, 0.1) is 6.54 Å². The molecule has 1 saturated carbocycles. The number of urea groups is 1. The first-order valence-electron chi connectivity index (χ1n) is 7.31. The Hall–Kier alpha value is -1.69. The lowest BCUT2D eigenvalue weighted by molar-refractivity contribution is -0.151. The summed E-state index contributed by atoms with van der Waals surface area (Å²) < 4.78 is 0. The molecular weight excluding hydrogens is 288 g/mol. The van der Waals surface area contributed by atoms with E-state index >= 15 is 0 Å². The van der Waals surface area contributed by atoms with Crippen LogP contribution in [0.15, 0.2) is 11.4 Å². The van der Waals surface area contributed by atoms with Gasteiger partial charge in [0.15, 0.2) is 0 Å². The lowest BCUT2D eigenvalue weighted by atomic mass is 9.82. The summed E-state index contributed by atoms with van der Waals surface area (Å²) in [5.41, 5.74) is 0.148. The highest BCUT2D eigenvalue weighted by Crippen LogP contribution is 2.42. The van der Waals surface area contributed by atoms with Crippen LogP contribution in [-0.2, 0) is 22.6 Å². The Morgan fingerprint density at radius 1 is 1.29 bits per heavy atom. The molecule has 21 heavy (non-hydrogen) atoms. The number of hydrogen-bond donors (Lipinski definition) is 1. The second-order valence-electron chi connectivity index (χ2n) is 5.66. The first kappa shape index (κ1) is 14.3. The van der Waals surface area contributed by atoms with Gasteiger partial charge in [0.1, 0.15) is 5.41 Å². The van der Waals surface area contributed by atoms with E-state index in [1.165, 1.54) is 4.90 Å². The van der Waals surface area contributed by atoms with Crippen LogP contribution in [0.4, 0.5) is 4.79 Å². The highest BCUT2D eigenvalue weighted by atomic mass is 32.1. The van der Waals surface area contributed by atoms with Crippen LogP contribution in [0.3, 0.4) is 0 Å². The molecule has 1 saturated heterocycles. The summed E-state index contributed by atoms with van der Waals surface area (Å²) in [5, 5.41) is 4.34. The average molecular weight is 306 g/mol. The first-order valence-corrected chi connectivity index (χ1v) is 8.19. The molecular formula is C15H18N2O3S. The van der Waals surface area contributed by atoms with Gasteiger partial charge in [-0.15, -0.1) is 11.3 Å². The molecule has 0 aromatic carbocycles. The van der Waals surface area contributed by atoms with Gasteiger partial charge >= 0.3 is 6.03 Å². The minimum absolute atomic E-state index is 0.264. The van der Waals surface area contributed by atoms with E-state index in [0.29, 0.717) is 12.8 Å². The fraction of sp³-hybridized carbons (Fsp3) is 0.533. The molecule has 1 aliphatic carbocycles. The smallest absolute Gasteiger partial charge is 0.277 e. The first-order chi connectivity index (χ1) is 10.1. The predicted molar refractivity (Wildman–Crippen MR) is 78.7 cm³/mol. The zero-order valence-corrected chi connectivity index (χ0v) is 12.8. The maximum atomic E-state index is 12.7. The Labute approximate surface area is 127 Å². The topological polar surface area (TPSA) is 66.5 Å². The predicted octanol–water partition coefficient (Wildman–Crippen LogP) is 2.45. The van der Waals surface area contributed by atoms with Crippen LogP contribution in [0.5, 0.6) is 0 Å². The van der Waals surface area contributed by atoms with Gasteiger partial charge in [0.25, 0.3) is 0 Å². The Morgan fingerprint density at radius 3 is 2.67 bits per heavy atom. The highest BCUT2D eigenvalue weighted by Gasteiger charge is 2.54. The fourth-order valence-electron chi connectivity index (χ4n) is 3.26. The van der Waals surface area contributed by atoms with Crippen LogP contribution in [0.25, 0.3) is 0 Å². The van der Waals surface area contributed by atoms with Gasteiger partial charge in [0.2, 0.25) is 11.8 Å². The number of rotatable bonds is 3. The number of imide groups is 2. The number of hydrogen-bond acceptors (Lipinski definition) is 4. The Balaban J connectivity index is 1.89. The van der Waals surface area contributed by atoms with E-state index in [0.717, 1.165) is 29.7 Å². The average Bonchev–Trinajstić information content (AvgIpc) is 3.11. The molecule has 112 valence electrons. The molecule has 2 fully saturated rings. The Kier molecular flexibility index (Phi) is 3.57. The van der Waals surface area contributed by atoms with Crippen molar-refractivity contribution in [3.63, 3.8) is 0 Å². The van der Waals surface area contributed by atoms with Gasteiger partial charge < -0.3 is 0 Å². The number of aryl methyl sites for hydroxylation is 1. The van der Waals surface area contributed by atoms with Crippen molar-refractivity contribution in [1.29, 1.82) is 0 Å². The Bertz CT molecular complexity index is 602. The zero-order valence-electron chi connectivity index (χ0n) is 12.0. The number of amides is 4. The maximum absolute atomic E-state index is 12.7. The molecule has 0 unspecified atom stereocenters. The van der Waals surface area contributed by atoms with Crippen molar-refractivity contribution in [2.75, 3.05) is 0 Å². The summed E-state index contributed by atoms with van der Waals surface area (Å²) >= 11 is 1.54. The van der Waals surface area contributed by atoms with Gasteiger partial charge in [-0.3, -0.25) is 19.8 Å². The molecule has 5 nitrogen and oxygen atoms in total. The van der Waals surface area contributed by atoms with Crippen LogP contribution in [0.1, 0.15) is 43.0 Å². The number of barbiturate groups is 1. The largest absolute Gasteiger partial charge is 0.331 e. The van der Waals surface area contributed by atoms with E-state index in [1.54, 1.807) is 11.3 Å². The van der Waals surface area contributed by atoms with Crippen molar-refractivity contribution in [2.24, 2.45) is 5.41 Å². The van der Waals surface area contributed by atoms with Crippen molar-refractivity contribution >= 4 is 29.2 Å². The van der Waals surface area contributed by atoms with Crippen molar-refractivity contribution < 1.29 is 14.4 Å². The zero-order chi connectivity index (χ0) is 15.0. The summed E-state index contributed by atoms with van der Waals surface area (Å²) in [6.07, 6.45) is 3.69. The molecule has 1 aliphatic heterocycles. The maximum Gasteiger partial charge on any atom is 0.331 e. The van der Waals surface area contributed by atoms with E-state index in [-0.39, 0.29) is 12.5 Å². The van der Waals surface area contributed by atoms with Crippen LogP contribution >= 0.6 is 11.3 Å². The van der Waals surface area contributed by atoms with Gasteiger partial charge in [-0.25, -0.2) is 4.79 Å². The minimum Gasteiger partial charge on any atom is -0.277 e. The molecule has 3 rings (SSSR count). The van der Waals surface area contributed by atoms with Crippen molar-refractivity contribution in [3.8, 4) is 0 Å². The SMILES string of the molecule is CCc1ccsc1CN1C(=O)NC(=O)C2(CCCC2)C1=O. The van der Waals surface area contributed by atoms with Crippen LogP contribution in [0.2, 0.25) is 0 Å². The molecule has 1 aromatic rings. The van der Waals surface area contributed by atoms with Crippen LogP contribution in [0, 0.1) is 5.41 Å². The van der Waals surface area contributed by atoms with Crippen molar-refractivity contribution in [3.05, 3.63) is 21.9 Å². The van der Waals surface area contributed by atoms with Crippen LogP contribution < -0.4 is 5.32 Å². The molecule has 0 bridgehead atoms. The van der Waals surface area contributed by atoms with Crippen molar-refractivity contribution in [2.45, 2.75) is 45.6 Å². The van der Waals surface area contributed by atoms with E-state index in [4.69, 9.17) is 0 Å². The normalized spacial score (nSPS) is 21.2. The van der Waals surface area contributed by atoms with Gasteiger partial charge in [0, 0.05) is 4.88 Å². The van der Waals surface area contributed by atoms with E-state index in [1.807, 2.05) is 18.4 Å². The molecule has 2 heterocycles. The second kappa shape index (κ2) is 5.26. The fourth-order valence-corrected chi connectivity index (χ4v) is 4.22. The number of carbonyl (C=O) groups excluding carboxylic acids is 3. The number of nitrogens with one attached hydrogen (secondary N) is 1. The molecule has 0 radical (unpaired) electrons. The quantitative estimate of drug-likeness (QED) is 0.872. The lowest BCUT2D eigenvalue weighted by Gasteiger charge is -2.36. The number of carbonyl (C=O) groups is 3. The van der Waals surface area contributed by atoms with E-state index in [9.17, 15) is 14.4 Å². The molecule has 2 aliphatic rings. The van der Waals surface area contributed by atoms with Crippen molar-refractivity contribution in [1.82, 2.24) is 10.2 Å². The van der Waals surface area contributed by atoms with Crippen LogP contribution in [-0.4, -0.2) is 22.7 Å². The summed E-state index contributed by atoms with van der Waals surface area (Å²) in [6, 6.07) is 1.43. The third kappa shape index (κ3) is 2.18. The highest BCUT2D eigenvalue weighted by molar-refractivity contribution is 7.10.